The fourth-order valence-electron chi connectivity index (χ4n) is 4.47. The van der Waals surface area contributed by atoms with Gasteiger partial charge in [0.25, 0.3) is 5.56 Å². The molecule has 1 fully saturated rings. The van der Waals surface area contributed by atoms with Gasteiger partial charge in [-0.05, 0) is 37.8 Å². The van der Waals surface area contributed by atoms with Crippen LogP contribution in [0.5, 0.6) is 5.75 Å². The van der Waals surface area contributed by atoms with Crippen LogP contribution in [-0.4, -0.2) is 62.6 Å². The van der Waals surface area contributed by atoms with E-state index in [2.05, 4.69) is 10.3 Å². The van der Waals surface area contributed by atoms with Gasteiger partial charge in [0.1, 0.15) is 13.6 Å². The lowest BCUT2D eigenvalue weighted by molar-refractivity contribution is 0.171. The average molecular weight is 453 g/mol. The number of fused-ring (bicyclic) bond motifs is 1. The molecule has 1 aliphatic carbocycles. The number of methoxy groups -OCH3 is 1. The standard InChI is InChI=1S/C22H28BN5O5/c1-3-26-20(31)18-19(27(9-10-29)22(26)32)25-21(24-15-5-4-6-16(15)30)28(18)12-13-7-8-17(33-2)14(23)11-13/h7-8,11,15-16,29-30H,3-6,9-10,12H2,1-2H3,(H,24,25)/t15-,16-/m1/s1. The van der Waals surface area contributed by atoms with Gasteiger partial charge in [0.2, 0.25) is 5.95 Å². The molecule has 0 unspecified atom stereocenters. The molecule has 2 aromatic heterocycles. The molecule has 0 spiro atoms. The van der Waals surface area contributed by atoms with Crippen molar-refractivity contribution in [1.29, 1.82) is 0 Å². The maximum Gasteiger partial charge on any atom is 0.332 e. The Morgan fingerprint density at radius 1 is 1.24 bits per heavy atom. The molecule has 0 amide bonds. The van der Waals surface area contributed by atoms with Gasteiger partial charge in [0, 0.05) is 6.54 Å². The first-order chi connectivity index (χ1) is 15.9. The van der Waals surface area contributed by atoms with Crippen molar-refractivity contribution in [2.24, 2.45) is 0 Å². The number of nitrogens with one attached hydrogen (secondary N) is 1. The molecule has 11 heteroatoms. The summed E-state index contributed by atoms with van der Waals surface area (Å²) in [6, 6.07) is 5.15. The minimum absolute atomic E-state index is 0.00754. The quantitative estimate of drug-likeness (QED) is 0.395. The molecule has 33 heavy (non-hydrogen) atoms. The molecule has 0 saturated heterocycles. The largest absolute Gasteiger partial charge is 0.497 e. The number of aliphatic hydroxyl groups is 2. The second-order valence-electron chi connectivity index (χ2n) is 8.23. The lowest BCUT2D eigenvalue weighted by Crippen LogP contribution is -2.40. The predicted octanol–water partition coefficient (Wildman–Crippen LogP) is -0.452. The number of hydrogen-bond acceptors (Lipinski definition) is 7. The van der Waals surface area contributed by atoms with E-state index in [0.717, 1.165) is 23.0 Å². The lowest BCUT2D eigenvalue weighted by atomic mass is 9.93. The Morgan fingerprint density at radius 2 is 2.03 bits per heavy atom. The summed E-state index contributed by atoms with van der Waals surface area (Å²) in [4.78, 5) is 30.8. The Hall–Kier alpha value is -3.05. The van der Waals surface area contributed by atoms with Crippen LogP contribution in [0.4, 0.5) is 5.95 Å². The van der Waals surface area contributed by atoms with Crippen molar-refractivity contribution in [2.75, 3.05) is 19.0 Å². The number of anilines is 1. The van der Waals surface area contributed by atoms with Crippen LogP contribution in [0.25, 0.3) is 11.2 Å². The van der Waals surface area contributed by atoms with Gasteiger partial charge in [-0.15, -0.1) is 0 Å². The molecule has 10 nitrogen and oxygen atoms in total. The smallest absolute Gasteiger partial charge is 0.332 e. The van der Waals surface area contributed by atoms with Crippen LogP contribution in [0.3, 0.4) is 0 Å². The fourth-order valence-corrected chi connectivity index (χ4v) is 4.47. The van der Waals surface area contributed by atoms with Gasteiger partial charge in [-0.2, -0.15) is 4.98 Å². The molecule has 3 aromatic rings. The molecule has 0 aliphatic heterocycles. The third kappa shape index (κ3) is 4.18. The van der Waals surface area contributed by atoms with Gasteiger partial charge in [-0.3, -0.25) is 18.5 Å². The molecule has 1 saturated carbocycles. The van der Waals surface area contributed by atoms with Gasteiger partial charge in [0.15, 0.2) is 11.2 Å². The Bertz CT molecular complexity index is 1280. The van der Waals surface area contributed by atoms with Crippen molar-refractivity contribution in [2.45, 2.75) is 58.0 Å². The maximum atomic E-state index is 13.3. The number of benzene rings is 1. The minimum atomic E-state index is -0.526. The summed E-state index contributed by atoms with van der Waals surface area (Å²) in [6.07, 6.45) is 1.81. The molecule has 4 rings (SSSR count). The number of ether oxygens (including phenoxy) is 1. The molecule has 2 heterocycles. The molecule has 1 aliphatic rings. The van der Waals surface area contributed by atoms with Gasteiger partial charge in [0.05, 0.1) is 39.0 Å². The van der Waals surface area contributed by atoms with E-state index in [1.165, 1.54) is 11.7 Å². The topological polar surface area (TPSA) is 124 Å². The zero-order valence-corrected chi connectivity index (χ0v) is 18.8. The van der Waals surface area contributed by atoms with E-state index in [-0.39, 0.29) is 43.4 Å². The van der Waals surface area contributed by atoms with Crippen LogP contribution in [0.2, 0.25) is 0 Å². The highest BCUT2D eigenvalue weighted by Gasteiger charge is 2.28. The van der Waals surface area contributed by atoms with Gasteiger partial charge in [-0.1, -0.05) is 17.6 Å². The maximum absolute atomic E-state index is 13.3. The van der Waals surface area contributed by atoms with Crippen molar-refractivity contribution < 1.29 is 14.9 Å². The average Bonchev–Trinajstić information content (AvgIpc) is 3.35. The summed E-state index contributed by atoms with van der Waals surface area (Å²) in [5, 5.41) is 23.2. The lowest BCUT2D eigenvalue weighted by Gasteiger charge is -2.18. The summed E-state index contributed by atoms with van der Waals surface area (Å²) >= 11 is 0. The Kier molecular flexibility index (Phi) is 6.62. The highest BCUT2D eigenvalue weighted by molar-refractivity contribution is 6.34. The molecule has 3 N–H and O–H groups in total. The van der Waals surface area contributed by atoms with Crippen molar-refractivity contribution in [3.05, 3.63) is 44.6 Å². The third-order valence-corrected chi connectivity index (χ3v) is 6.18. The second kappa shape index (κ2) is 9.44. The van der Waals surface area contributed by atoms with E-state index < -0.39 is 17.4 Å². The van der Waals surface area contributed by atoms with E-state index in [0.29, 0.717) is 23.6 Å². The van der Waals surface area contributed by atoms with E-state index in [9.17, 15) is 19.8 Å². The summed E-state index contributed by atoms with van der Waals surface area (Å²) in [6.45, 7) is 1.89. The van der Waals surface area contributed by atoms with E-state index in [4.69, 9.17) is 12.6 Å². The summed E-state index contributed by atoms with van der Waals surface area (Å²) in [5.41, 5.74) is 0.735. The Morgan fingerprint density at radius 3 is 2.64 bits per heavy atom. The number of hydrogen-bond donors (Lipinski definition) is 3. The first kappa shape index (κ1) is 23.1. The first-order valence-electron chi connectivity index (χ1n) is 11.1. The molecule has 2 radical (unpaired) electrons. The molecule has 0 bridgehead atoms. The van der Waals surface area contributed by atoms with Crippen molar-refractivity contribution in [3.63, 3.8) is 0 Å². The SMILES string of the molecule is [B]c1cc(Cn2c(N[C@@H]3CCC[C@H]3O)nc3c2c(=O)n(CC)c(=O)n3CCO)ccc1OC. The summed E-state index contributed by atoms with van der Waals surface area (Å²) in [7, 11) is 7.62. The second-order valence-corrected chi connectivity index (χ2v) is 8.23. The number of aliphatic hydroxyl groups excluding tert-OH is 2. The summed E-state index contributed by atoms with van der Waals surface area (Å²) in [5.74, 6) is 0.925. The van der Waals surface area contributed by atoms with Gasteiger partial charge in [-0.25, -0.2) is 4.79 Å². The fraction of sp³-hybridized carbons (Fsp3) is 0.500. The normalized spacial score (nSPS) is 18.2. The molecule has 2 atom stereocenters. The number of imidazole rings is 1. The van der Waals surface area contributed by atoms with Crippen molar-refractivity contribution in [1.82, 2.24) is 18.7 Å². The highest BCUT2D eigenvalue weighted by Crippen LogP contribution is 2.25. The number of aromatic nitrogens is 4. The molecular weight excluding hydrogens is 425 g/mol. The van der Waals surface area contributed by atoms with Crippen LogP contribution < -0.4 is 26.8 Å². The van der Waals surface area contributed by atoms with Crippen LogP contribution >= 0.6 is 0 Å². The minimum Gasteiger partial charge on any atom is -0.497 e. The Balaban J connectivity index is 1.93. The molecule has 174 valence electrons. The third-order valence-electron chi connectivity index (χ3n) is 6.18. The van der Waals surface area contributed by atoms with Crippen LogP contribution in [0.1, 0.15) is 31.7 Å². The summed E-state index contributed by atoms with van der Waals surface area (Å²) < 4.78 is 9.39. The van der Waals surface area contributed by atoms with Crippen molar-refractivity contribution in [3.8, 4) is 5.75 Å². The van der Waals surface area contributed by atoms with E-state index in [1.54, 1.807) is 23.6 Å². The molecular formula is C22H28BN5O5. The van der Waals surface area contributed by atoms with Crippen molar-refractivity contribution >= 4 is 30.4 Å². The highest BCUT2D eigenvalue weighted by atomic mass is 16.5. The predicted molar refractivity (Wildman–Crippen MR) is 126 cm³/mol. The zero-order valence-electron chi connectivity index (χ0n) is 18.8. The monoisotopic (exact) mass is 453 g/mol. The van der Waals surface area contributed by atoms with E-state index in [1.807, 2.05) is 6.07 Å². The van der Waals surface area contributed by atoms with Gasteiger partial charge < -0.3 is 20.3 Å². The first-order valence-corrected chi connectivity index (χ1v) is 11.1. The van der Waals surface area contributed by atoms with Crippen LogP contribution in [0, 0.1) is 0 Å². The van der Waals surface area contributed by atoms with Crippen LogP contribution in [-0.2, 0) is 19.6 Å². The van der Waals surface area contributed by atoms with Gasteiger partial charge >= 0.3 is 5.69 Å². The number of rotatable bonds is 8. The van der Waals surface area contributed by atoms with E-state index >= 15 is 0 Å². The molecule has 1 aromatic carbocycles. The number of nitrogens with zero attached hydrogens (tertiary/aromatic N) is 4. The Labute approximate surface area is 191 Å². The zero-order chi connectivity index (χ0) is 23.7. The van der Waals surface area contributed by atoms with Crippen LogP contribution in [0.15, 0.2) is 27.8 Å².